The Kier molecular flexibility index (Phi) is 4.91. The third kappa shape index (κ3) is 4.17. The zero-order valence-corrected chi connectivity index (χ0v) is 12.5. The Morgan fingerprint density at radius 3 is 2.85 bits per heavy atom. The number of aliphatic carboxylic acids is 1. The summed E-state index contributed by atoms with van der Waals surface area (Å²) in [7, 11) is 1.87. The molecule has 1 N–H and O–H groups in total. The molecule has 0 saturated carbocycles. The topological polar surface area (TPSA) is 92.6 Å². The lowest BCUT2D eigenvalue weighted by molar-refractivity contribution is -0.137. The third-order valence-electron chi connectivity index (χ3n) is 2.59. The van der Waals surface area contributed by atoms with E-state index in [1.54, 1.807) is 12.1 Å². The number of hydrogen-bond acceptors (Lipinski definition) is 6. The first-order valence-corrected chi connectivity index (χ1v) is 6.82. The minimum atomic E-state index is -0.790. The molecule has 0 atom stereocenters. The van der Waals surface area contributed by atoms with Crippen molar-refractivity contribution in [3.05, 3.63) is 22.7 Å². The predicted octanol–water partition coefficient (Wildman–Crippen LogP) is 2.39. The molecule has 0 aliphatic carbocycles. The van der Waals surface area contributed by atoms with E-state index in [0.29, 0.717) is 41.7 Å². The molecule has 0 radical (unpaired) electrons. The van der Waals surface area contributed by atoms with Crippen molar-refractivity contribution in [2.45, 2.75) is 19.4 Å². The number of hydrogen-bond donors (Lipinski definition) is 1. The summed E-state index contributed by atoms with van der Waals surface area (Å²) >= 11 is 3.20. The molecule has 2 aromatic rings. The van der Waals surface area contributed by atoms with Gasteiger partial charge in [0.2, 0.25) is 5.89 Å². The molecule has 0 amide bonds. The first kappa shape index (κ1) is 14.7. The molecule has 0 bridgehead atoms. The number of rotatable bonds is 7. The van der Waals surface area contributed by atoms with Crippen molar-refractivity contribution in [1.82, 2.24) is 15.1 Å². The van der Waals surface area contributed by atoms with Crippen LogP contribution in [0.5, 0.6) is 0 Å². The minimum absolute atomic E-state index is 0.153. The van der Waals surface area contributed by atoms with Gasteiger partial charge in [0.05, 0.1) is 6.54 Å². The molecule has 20 heavy (non-hydrogen) atoms. The fourth-order valence-corrected chi connectivity index (χ4v) is 1.96. The van der Waals surface area contributed by atoms with Crippen molar-refractivity contribution in [1.29, 1.82) is 0 Å². The lowest BCUT2D eigenvalue weighted by atomic mass is 10.3. The van der Waals surface area contributed by atoms with Gasteiger partial charge in [0.25, 0.3) is 5.89 Å². The fraction of sp³-hybridized carbons (Fsp3) is 0.417. The van der Waals surface area contributed by atoms with Crippen LogP contribution in [0.25, 0.3) is 11.7 Å². The molecule has 108 valence electrons. The second-order valence-electron chi connectivity index (χ2n) is 4.34. The van der Waals surface area contributed by atoms with Gasteiger partial charge in [0.15, 0.2) is 10.4 Å². The first-order chi connectivity index (χ1) is 9.54. The smallest absolute Gasteiger partial charge is 0.303 e. The Hall–Kier alpha value is -1.67. The van der Waals surface area contributed by atoms with Gasteiger partial charge in [-0.3, -0.25) is 9.69 Å². The van der Waals surface area contributed by atoms with E-state index >= 15 is 0 Å². The van der Waals surface area contributed by atoms with E-state index in [9.17, 15) is 4.79 Å². The second kappa shape index (κ2) is 6.67. The van der Waals surface area contributed by atoms with Gasteiger partial charge in [-0.05, 0) is 48.1 Å². The Bertz CT molecular complexity index is 581. The van der Waals surface area contributed by atoms with Gasteiger partial charge in [-0.1, -0.05) is 0 Å². The van der Waals surface area contributed by atoms with Crippen LogP contribution in [0, 0.1) is 0 Å². The summed E-state index contributed by atoms with van der Waals surface area (Å²) in [6.07, 6.45) is 0.734. The molecular weight excluding hydrogens is 330 g/mol. The Balaban J connectivity index is 1.87. The molecule has 2 rings (SSSR count). The van der Waals surface area contributed by atoms with E-state index < -0.39 is 5.97 Å². The SMILES string of the molecule is CN(CCCC(=O)O)Cc1nnc(-c2ccc(Br)o2)o1. The highest BCUT2D eigenvalue weighted by atomic mass is 79.9. The van der Waals surface area contributed by atoms with Gasteiger partial charge >= 0.3 is 5.97 Å². The number of halogens is 1. The summed E-state index contributed by atoms with van der Waals surface area (Å²) in [4.78, 5) is 12.4. The van der Waals surface area contributed by atoms with Crippen LogP contribution < -0.4 is 0 Å². The molecule has 0 saturated heterocycles. The van der Waals surface area contributed by atoms with Crippen LogP contribution in [-0.2, 0) is 11.3 Å². The number of furan rings is 1. The maximum atomic E-state index is 10.4. The molecule has 0 aliphatic heterocycles. The number of nitrogens with zero attached hydrogens (tertiary/aromatic N) is 3. The highest BCUT2D eigenvalue weighted by Gasteiger charge is 2.13. The van der Waals surface area contributed by atoms with Crippen LogP contribution in [0.3, 0.4) is 0 Å². The first-order valence-electron chi connectivity index (χ1n) is 6.03. The average Bonchev–Trinajstić information content (AvgIpc) is 2.97. The Morgan fingerprint density at radius 1 is 1.40 bits per heavy atom. The van der Waals surface area contributed by atoms with Crippen molar-refractivity contribution in [3.63, 3.8) is 0 Å². The summed E-state index contributed by atoms with van der Waals surface area (Å²) in [5.74, 6) is 0.501. The van der Waals surface area contributed by atoms with E-state index in [1.165, 1.54) is 0 Å². The lowest BCUT2D eigenvalue weighted by Gasteiger charge is -2.12. The highest BCUT2D eigenvalue weighted by Crippen LogP contribution is 2.23. The highest BCUT2D eigenvalue weighted by molar-refractivity contribution is 9.10. The van der Waals surface area contributed by atoms with Crippen LogP contribution >= 0.6 is 15.9 Å². The zero-order valence-electron chi connectivity index (χ0n) is 10.9. The summed E-state index contributed by atoms with van der Waals surface area (Å²) < 4.78 is 11.4. The zero-order chi connectivity index (χ0) is 14.5. The molecule has 0 fully saturated rings. The van der Waals surface area contributed by atoms with Gasteiger partial charge in [-0.15, -0.1) is 10.2 Å². The Labute approximate surface area is 123 Å². The van der Waals surface area contributed by atoms with E-state index in [1.807, 2.05) is 11.9 Å². The predicted molar refractivity (Wildman–Crippen MR) is 72.9 cm³/mol. The molecule has 0 aromatic carbocycles. The monoisotopic (exact) mass is 343 g/mol. The molecule has 7 nitrogen and oxygen atoms in total. The molecular formula is C12H14BrN3O4. The van der Waals surface area contributed by atoms with Crippen LogP contribution in [0.15, 0.2) is 25.6 Å². The largest absolute Gasteiger partial charge is 0.481 e. The number of carboxylic acids is 1. The lowest BCUT2D eigenvalue weighted by Crippen LogP contribution is -2.20. The summed E-state index contributed by atoms with van der Waals surface area (Å²) in [6, 6.07) is 3.48. The number of carboxylic acid groups (broad SMARTS) is 1. The molecule has 2 aromatic heterocycles. The molecule has 8 heteroatoms. The van der Waals surface area contributed by atoms with Crippen LogP contribution in [0.4, 0.5) is 0 Å². The molecule has 0 spiro atoms. The third-order valence-corrected chi connectivity index (χ3v) is 3.01. The second-order valence-corrected chi connectivity index (χ2v) is 5.12. The Morgan fingerprint density at radius 2 is 2.20 bits per heavy atom. The summed E-state index contributed by atoms with van der Waals surface area (Å²) in [5.41, 5.74) is 0. The molecule has 0 unspecified atom stereocenters. The van der Waals surface area contributed by atoms with Crippen molar-refractivity contribution in [3.8, 4) is 11.7 Å². The van der Waals surface area contributed by atoms with Crippen molar-refractivity contribution >= 4 is 21.9 Å². The van der Waals surface area contributed by atoms with E-state index in [-0.39, 0.29) is 6.42 Å². The molecule has 2 heterocycles. The van der Waals surface area contributed by atoms with Crippen molar-refractivity contribution in [2.24, 2.45) is 0 Å². The summed E-state index contributed by atoms with van der Waals surface area (Å²) in [6.45, 7) is 1.12. The minimum Gasteiger partial charge on any atom is -0.481 e. The van der Waals surface area contributed by atoms with Crippen molar-refractivity contribution < 1.29 is 18.7 Å². The average molecular weight is 344 g/mol. The standard InChI is InChI=1S/C12H14BrN3O4/c1-16(6-2-3-11(17)18)7-10-14-15-12(20-10)8-4-5-9(13)19-8/h4-5H,2-3,6-7H2,1H3,(H,17,18). The van der Waals surface area contributed by atoms with E-state index in [2.05, 4.69) is 26.1 Å². The van der Waals surface area contributed by atoms with Gasteiger partial charge in [0.1, 0.15) is 0 Å². The van der Waals surface area contributed by atoms with Crippen LogP contribution in [0.1, 0.15) is 18.7 Å². The summed E-state index contributed by atoms with van der Waals surface area (Å²) in [5, 5.41) is 16.4. The molecule has 0 aliphatic rings. The van der Waals surface area contributed by atoms with Crippen LogP contribution in [0.2, 0.25) is 0 Å². The number of aromatic nitrogens is 2. The normalized spacial score (nSPS) is 11.2. The quantitative estimate of drug-likeness (QED) is 0.824. The maximum Gasteiger partial charge on any atom is 0.303 e. The fourth-order valence-electron chi connectivity index (χ4n) is 1.66. The van der Waals surface area contributed by atoms with Crippen LogP contribution in [-0.4, -0.2) is 39.8 Å². The van der Waals surface area contributed by atoms with Gasteiger partial charge < -0.3 is 13.9 Å². The van der Waals surface area contributed by atoms with Crippen molar-refractivity contribution in [2.75, 3.05) is 13.6 Å². The van der Waals surface area contributed by atoms with Gasteiger partial charge in [-0.25, -0.2) is 0 Å². The van der Waals surface area contributed by atoms with E-state index in [0.717, 1.165) is 0 Å². The van der Waals surface area contributed by atoms with E-state index in [4.69, 9.17) is 13.9 Å². The van der Waals surface area contributed by atoms with Gasteiger partial charge in [-0.2, -0.15) is 0 Å². The number of carbonyl (C=O) groups is 1. The van der Waals surface area contributed by atoms with Gasteiger partial charge in [0, 0.05) is 6.42 Å². The maximum absolute atomic E-state index is 10.4.